The third-order valence-electron chi connectivity index (χ3n) is 6.05. The fraction of sp³-hybridized carbons (Fsp3) is 0.611. The van der Waals surface area contributed by atoms with Gasteiger partial charge >= 0.3 is 0 Å². The lowest BCUT2D eigenvalue weighted by molar-refractivity contribution is 0.457. The zero-order valence-electron chi connectivity index (χ0n) is 13.9. The SMILES string of the molecule is Cc1cccc2c1nc(C(C)Cl)n2CC1C(C)(C)C1(C)C. The molecule has 0 saturated heterocycles. The summed E-state index contributed by atoms with van der Waals surface area (Å²) in [5.74, 6) is 1.66. The van der Waals surface area contributed by atoms with Crippen molar-refractivity contribution in [2.75, 3.05) is 0 Å². The van der Waals surface area contributed by atoms with Crippen molar-refractivity contribution < 1.29 is 0 Å². The number of alkyl halides is 1. The van der Waals surface area contributed by atoms with Crippen LogP contribution in [0.3, 0.4) is 0 Å². The first-order chi connectivity index (χ1) is 9.68. The number of hydrogen-bond acceptors (Lipinski definition) is 1. The van der Waals surface area contributed by atoms with E-state index >= 15 is 0 Å². The number of para-hydroxylation sites is 1. The Morgan fingerprint density at radius 1 is 1.24 bits per heavy atom. The highest BCUT2D eigenvalue weighted by atomic mass is 35.5. The van der Waals surface area contributed by atoms with Gasteiger partial charge < -0.3 is 4.57 Å². The molecule has 1 heterocycles. The van der Waals surface area contributed by atoms with Crippen LogP contribution in [0.1, 0.15) is 51.4 Å². The third-order valence-corrected chi connectivity index (χ3v) is 6.25. The smallest absolute Gasteiger partial charge is 0.127 e. The van der Waals surface area contributed by atoms with Gasteiger partial charge in [0.15, 0.2) is 0 Å². The predicted molar refractivity (Wildman–Crippen MR) is 89.8 cm³/mol. The highest BCUT2D eigenvalue weighted by Gasteiger charge is 2.64. The second-order valence-electron chi connectivity index (χ2n) is 7.64. The summed E-state index contributed by atoms with van der Waals surface area (Å²) in [5.41, 5.74) is 4.28. The molecule has 1 aliphatic rings. The van der Waals surface area contributed by atoms with Crippen LogP contribution in [-0.2, 0) is 6.54 Å². The van der Waals surface area contributed by atoms with E-state index in [0.717, 1.165) is 17.9 Å². The second kappa shape index (κ2) is 4.49. The number of nitrogens with zero attached hydrogens (tertiary/aromatic N) is 2. The zero-order chi connectivity index (χ0) is 15.6. The van der Waals surface area contributed by atoms with Crippen molar-refractivity contribution in [1.82, 2.24) is 9.55 Å². The van der Waals surface area contributed by atoms with E-state index in [1.165, 1.54) is 11.1 Å². The van der Waals surface area contributed by atoms with Gasteiger partial charge in [0.2, 0.25) is 0 Å². The average molecular weight is 305 g/mol. The highest BCUT2D eigenvalue weighted by Crippen LogP contribution is 2.69. The molecule has 0 spiro atoms. The topological polar surface area (TPSA) is 17.8 Å². The monoisotopic (exact) mass is 304 g/mol. The molecule has 0 N–H and O–H groups in total. The first-order valence-corrected chi connectivity index (χ1v) is 8.21. The van der Waals surface area contributed by atoms with Crippen LogP contribution in [0, 0.1) is 23.7 Å². The van der Waals surface area contributed by atoms with Crippen LogP contribution in [-0.4, -0.2) is 9.55 Å². The maximum absolute atomic E-state index is 6.39. The summed E-state index contributed by atoms with van der Waals surface area (Å²) in [6.45, 7) is 14.6. The fourth-order valence-corrected chi connectivity index (χ4v) is 3.94. The molecule has 1 saturated carbocycles. The van der Waals surface area contributed by atoms with Crippen molar-refractivity contribution in [2.45, 2.75) is 53.5 Å². The molecule has 2 aromatic rings. The molecule has 0 bridgehead atoms. The van der Waals surface area contributed by atoms with E-state index in [4.69, 9.17) is 16.6 Å². The Bertz CT molecular complexity index is 681. The molecule has 1 aliphatic carbocycles. The normalized spacial score (nSPS) is 21.7. The molecule has 3 rings (SSSR count). The van der Waals surface area contributed by atoms with Crippen molar-refractivity contribution in [3.63, 3.8) is 0 Å². The molecule has 0 radical (unpaired) electrons. The van der Waals surface area contributed by atoms with Gasteiger partial charge in [-0.2, -0.15) is 0 Å². The molecule has 1 unspecified atom stereocenters. The van der Waals surface area contributed by atoms with Gasteiger partial charge in [-0.05, 0) is 42.2 Å². The summed E-state index contributed by atoms with van der Waals surface area (Å²) in [6.07, 6.45) is 0. The van der Waals surface area contributed by atoms with Crippen LogP contribution in [0.25, 0.3) is 11.0 Å². The molecule has 2 nitrogen and oxygen atoms in total. The number of halogens is 1. The van der Waals surface area contributed by atoms with Gasteiger partial charge in [0.1, 0.15) is 5.82 Å². The summed E-state index contributed by atoms with van der Waals surface area (Å²) in [5, 5.41) is -0.0678. The Morgan fingerprint density at radius 3 is 2.38 bits per heavy atom. The predicted octanol–water partition coefficient (Wildman–Crippen LogP) is 5.33. The van der Waals surface area contributed by atoms with Gasteiger partial charge in [-0.3, -0.25) is 0 Å². The molecule has 114 valence electrons. The first kappa shape index (κ1) is 14.9. The Kier molecular flexibility index (Phi) is 3.18. The minimum absolute atomic E-state index is 0.0678. The number of benzene rings is 1. The average Bonchev–Trinajstić information content (AvgIpc) is 2.72. The third kappa shape index (κ3) is 2.03. The van der Waals surface area contributed by atoms with Crippen LogP contribution in [0.2, 0.25) is 0 Å². The summed E-state index contributed by atoms with van der Waals surface area (Å²) < 4.78 is 2.35. The number of imidazole rings is 1. The summed E-state index contributed by atoms with van der Waals surface area (Å²) in [7, 11) is 0. The highest BCUT2D eigenvalue weighted by molar-refractivity contribution is 6.20. The van der Waals surface area contributed by atoms with E-state index in [9.17, 15) is 0 Å². The molecule has 0 aliphatic heterocycles. The summed E-state index contributed by atoms with van der Waals surface area (Å²) in [4.78, 5) is 4.82. The van der Waals surface area contributed by atoms with Gasteiger partial charge in [-0.25, -0.2) is 4.98 Å². The number of aromatic nitrogens is 2. The molecule has 3 heteroatoms. The molecule has 21 heavy (non-hydrogen) atoms. The van der Waals surface area contributed by atoms with Crippen LogP contribution < -0.4 is 0 Å². The first-order valence-electron chi connectivity index (χ1n) is 7.77. The Morgan fingerprint density at radius 2 is 1.86 bits per heavy atom. The van der Waals surface area contributed by atoms with Gasteiger partial charge in [0.25, 0.3) is 0 Å². The van der Waals surface area contributed by atoms with Crippen molar-refractivity contribution in [3.05, 3.63) is 29.6 Å². The van der Waals surface area contributed by atoms with E-state index in [1.54, 1.807) is 0 Å². The summed E-state index contributed by atoms with van der Waals surface area (Å²) in [6, 6.07) is 6.40. The minimum Gasteiger partial charge on any atom is -0.326 e. The van der Waals surface area contributed by atoms with E-state index < -0.39 is 0 Å². The van der Waals surface area contributed by atoms with Crippen LogP contribution >= 0.6 is 11.6 Å². The quantitative estimate of drug-likeness (QED) is 0.701. The zero-order valence-corrected chi connectivity index (χ0v) is 14.6. The number of hydrogen-bond donors (Lipinski definition) is 0. The van der Waals surface area contributed by atoms with Crippen LogP contribution in [0.5, 0.6) is 0 Å². The molecule has 0 amide bonds. The maximum Gasteiger partial charge on any atom is 0.127 e. The number of aryl methyl sites for hydroxylation is 1. The van der Waals surface area contributed by atoms with E-state index in [2.05, 4.69) is 57.4 Å². The molecule has 1 aromatic carbocycles. The Labute approximate surface area is 132 Å². The lowest BCUT2D eigenvalue weighted by atomic mass is 10.0. The lowest BCUT2D eigenvalue weighted by Crippen LogP contribution is -2.09. The van der Waals surface area contributed by atoms with Gasteiger partial charge in [0, 0.05) is 6.54 Å². The Hall–Kier alpha value is -1.02. The Balaban J connectivity index is 2.10. The van der Waals surface area contributed by atoms with Crippen molar-refractivity contribution in [3.8, 4) is 0 Å². The van der Waals surface area contributed by atoms with E-state index in [1.807, 2.05) is 6.92 Å². The minimum atomic E-state index is -0.0678. The standard InChI is InChI=1S/C18H25ClN2/c1-11-8-7-9-13-15(11)20-16(12(2)19)21(13)10-14-17(3,4)18(14,5)6/h7-9,12,14H,10H2,1-6H3. The summed E-state index contributed by atoms with van der Waals surface area (Å²) >= 11 is 6.39. The number of rotatable bonds is 3. The number of fused-ring (bicyclic) bond motifs is 1. The second-order valence-corrected chi connectivity index (χ2v) is 8.29. The molecular formula is C18H25ClN2. The molecule has 1 fully saturated rings. The van der Waals surface area contributed by atoms with Crippen molar-refractivity contribution >= 4 is 22.6 Å². The molecular weight excluding hydrogens is 280 g/mol. The van der Waals surface area contributed by atoms with Crippen LogP contribution in [0.15, 0.2) is 18.2 Å². The maximum atomic E-state index is 6.39. The van der Waals surface area contributed by atoms with Crippen molar-refractivity contribution in [1.29, 1.82) is 0 Å². The van der Waals surface area contributed by atoms with Crippen molar-refractivity contribution in [2.24, 2.45) is 16.7 Å². The largest absolute Gasteiger partial charge is 0.326 e. The molecule has 1 atom stereocenters. The molecule has 1 aromatic heterocycles. The van der Waals surface area contributed by atoms with Gasteiger partial charge in [0.05, 0.1) is 16.4 Å². The fourth-order valence-electron chi connectivity index (χ4n) is 3.77. The van der Waals surface area contributed by atoms with E-state index in [0.29, 0.717) is 16.7 Å². The van der Waals surface area contributed by atoms with E-state index in [-0.39, 0.29) is 5.38 Å². The van der Waals surface area contributed by atoms with Gasteiger partial charge in [-0.1, -0.05) is 39.8 Å². The van der Waals surface area contributed by atoms with Gasteiger partial charge in [-0.15, -0.1) is 11.6 Å². The lowest BCUT2D eigenvalue weighted by Gasteiger charge is -2.12. The van der Waals surface area contributed by atoms with Crippen LogP contribution in [0.4, 0.5) is 0 Å².